The van der Waals surface area contributed by atoms with Gasteiger partial charge in [0.2, 0.25) is 0 Å². The van der Waals surface area contributed by atoms with Crippen LogP contribution in [0.5, 0.6) is 0 Å². The highest BCUT2D eigenvalue weighted by molar-refractivity contribution is 4.73. The largest absolute Gasteiger partial charge is 0.120 e. The fourth-order valence-electron chi connectivity index (χ4n) is 0. The van der Waals surface area contributed by atoms with E-state index in [0.717, 1.165) is 5.92 Å². The molecule has 0 fully saturated rings. The maximum absolute atomic E-state index is 4.60. The summed E-state index contributed by atoms with van der Waals surface area (Å²) in [6, 6.07) is 0. The minimum absolute atomic E-state index is 0.833. The molecule has 84 valence electrons. The van der Waals surface area contributed by atoms with Gasteiger partial charge in [-0.3, -0.25) is 0 Å². The first-order chi connectivity index (χ1) is 6.15. The molecule has 0 nitrogen and oxygen atoms in total. The highest BCUT2D eigenvalue weighted by Crippen LogP contribution is 1.81. The highest BCUT2D eigenvalue weighted by atomic mass is 13.7. The summed E-state index contributed by atoms with van der Waals surface area (Å²) in [5.41, 5.74) is 0. The van der Waals surface area contributed by atoms with Crippen LogP contribution in [0.3, 0.4) is 0 Å². The van der Waals surface area contributed by atoms with Crippen LogP contribution in [-0.4, -0.2) is 0 Å². The molecule has 0 aliphatic heterocycles. The van der Waals surface area contributed by atoms with E-state index in [4.69, 9.17) is 0 Å². The Labute approximate surface area is 88.1 Å². The summed E-state index contributed by atoms with van der Waals surface area (Å²) in [7, 11) is 0. The van der Waals surface area contributed by atoms with Crippen molar-refractivity contribution >= 4 is 0 Å². The van der Waals surface area contributed by atoms with E-state index < -0.39 is 0 Å². The Bertz CT molecular complexity index is 42.8. The first-order valence-electron chi connectivity index (χ1n) is 5.52. The van der Waals surface area contributed by atoms with Crippen molar-refractivity contribution in [1.82, 2.24) is 0 Å². The van der Waals surface area contributed by atoms with Gasteiger partial charge in [-0.25, -0.2) is 0 Å². The molecule has 0 aliphatic rings. The zero-order chi connectivity index (χ0) is 12.3. The lowest BCUT2D eigenvalue weighted by atomic mass is 10.3. The topological polar surface area (TPSA) is 0 Å². The van der Waals surface area contributed by atoms with Gasteiger partial charge in [-0.2, -0.15) is 0 Å². The lowest BCUT2D eigenvalue weighted by Crippen LogP contribution is -1.66. The molecule has 0 spiro atoms. The van der Waals surface area contributed by atoms with Crippen LogP contribution in [0.25, 0.3) is 0 Å². The third-order valence-corrected chi connectivity index (χ3v) is 0. The first kappa shape index (κ1) is 29.4. The van der Waals surface area contributed by atoms with Gasteiger partial charge in [-0.05, 0) is 12.8 Å². The van der Waals surface area contributed by atoms with E-state index >= 15 is 0 Å². The highest BCUT2D eigenvalue weighted by Gasteiger charge is 1.68. The average Bonchev–Trinajstić information content (AvgIpc) is 2.14. The quantitative estimate of drug-likeness (QED) is 0.448. The molecular formula is C13H32. The molecule has 0 aromatic rings. The monoisotopic (exact) mass is 188 g/mol. The molecule has 0 bridgehead atoms. The van der Waals surface area contributed by atoms with Crippen LogP contribution in [0.1, 0.15) is 69.2 Å². The summed E-state index contributed by atoms with van der Waals surface area (Å²) < 4.78 is 0. The summed E-state index contributed by atoms with van der Waals surface area (Å²) in [5.74, 6) is 3.08. The maximum atomic E-state index is 4.60. The van der Waals surface area contributed by atoms with Gasteiger partial charge in [-0.1, -0.05) is 62.3 Å². The first-order valence-corrected chi connectivity index (χ1v) is 5.52. The molecule has 0 N–H and O–H groups in total. The Morgan fingerprint density at radius 3 is 0.769 bits per heavy atom. The summed E-state index contributed by atoms with van der Waals surface area (Å²) in [4.78, 5) is 0. The summed E-state index contributed by atoms with van der Waals surface area (Å²) >= 11 is 0. The van der Waals surface area contributed by atoms with Crippen LogP contribution in [0.4, 0.5) is 0 Å². The van der Waals surface area contributed by atoms with Gasteiger partial charge in [-0.15, -0.1) is 12.3 Å². The second-order valence-corrected chi connectivity index (χ2v) is 2.02. The van der Waals surface area contributed by atoms with Gasteiger partial charge in [0, 0.05) is 0 Å². The molecule has 0 aliphatic carbocycles. The lowest BCUT2D eigenvalue weighted by molar-refractivity contribution is 0.737. The maximum Gasteiger partial charge on any atom is -0.00297 e. The third kappa shape index (κ3) is 5460. The van der Waals surface area contributed by atoms with Gasteiger partial charge in [0.05, 0.1) is 0 Å². The summed E-state index contributed by atoms with van der Waals surface area (Å²) in [6.07, 6.45) is 4.60. The van der Waals surface area contributed by atoms with Gasteiger partial charge < -0.3 is 0 Å². The molecular weight excluding hydrogens is 156 g/mol. The third-order valence-electron chi connectivity index (χ3n) is 0. The molecule has 0 saturated heterocycles. The molecule has 0 unspecified atom stereocenters. The van der Waals surface area contributed by atoms with E-state index in [1.165, 1.54) is 0 Å². The number of hydrogen-bond donors (Lipinski definition) is 0. The van der Waals surface area contributed by atoms with E-state index in [2.05, 4.69) is 33.1 Å². The van der Waals surface area contributed by atoms with Crippen LogP contribution >= 0.6 is 0 Å². The molecule has 0 rings (SSSR count). The molecule has 0 aromatic carbocycles. The molecule has 0 saturated carbocycles. The van der Waals surface area contributed by atoms with E-state index in [1.807, 2.05) is 41.5 Å². The predicted molar refractivity (Wildman–Crippen MR) is 69.1 cm³/mol. The Morgan fingerprint density at radius 2 is 0.769 bits per heavy atom. The molecule has 0 amide bonds. The second kappa shape index (κ2) is 102. The zero-order valence-corrected chi connectivity index (χ0v) is 11.7. The van der Waals surface area contributed by atoms with Crippen molar-refractivity contribution < 1.29 is 0 Å². The average molecular weight is 188 g/mol. The number of hydrogen-bond acceptors (Lipinski definition) is 0. The van der Waals surface area contributed by atoms with E-state index in [9.17, 15) is 0 Å². The van der Waals surface area contributed by atoms with E-state index in [-0.39, 0.29) is 0 Å². The van der Waals surface area contributed by atoms with Crippen LogP contribution in [0, 0.1) is 18.3 Å². The standard InChI is InChI=1S/C4H10.C3H4.3C2H6/c1-4(2)3;1-3-2;3*1-2/h4H,1-3H3;1H,2H3;3*1-2H3. The van der Waals surface area contributed by atoms with Crippen molar-refractivity contribution in [2.24, 2.45) is 5.92 Å². The zero-order valence-electron chi connectivity index (χ0n) is 11.7. The molecule has 0 aromatic heterocycles. The van der Waals surface area contributed by atoms with Crippen LogP contribution in [-0.2, 0) is 0 Å². The van der Waals surface area contributed by atoms with Crippen molar-refractivity contribution in [2.45, 2.75) is 69.2 Å². The van der Waals surface area contributed by atoms with Crippen molar-refractivity contribution in [3.63, 3.8) is 0 Å². The fourth-order valence-corrected chi connectivity index (χ4v) is 0. The van der Waals surface area contributed by atoms with Crippen LogP contribution in [0.15, 0.2) is 0 Å². The Morgan fingerprint density at radius 1 is 0.769 bits per heavy atom. The minimum atomic E-state index is 0.833. The van der Waals surface area contributed by atoms with Gasteiger partial charge in [0.1, 0.15) is 0 Å². The summed E-state index contributed by atoms with van der Waals surface area (Å²) in [5, 5.41) is 0. The van der Waals surface area contributed by atoms with E-state index in [0.29, 0.717) is 0 Å². The predicted octanol–water partition coefficient (Wildman–Crippen LogP) is 5.38. The Kier molecular flexibility index (Phi) is 230. The SMILES string of the molecule is C#CC.CC.CC.CC.CC(C)C. The molecule has 0 heterocycles. The second-order valence-electron chi connectivity index (χ2n) is 2.02. The van der Waals surface area contributed by atoms with Crippen molar-refractivity contribution in [3.8, 4) is 12.3 Å². The van der Waals surface area contributed by atoms with Gasteiger partial charge >= 0.3 is 0 Å². The Hall–Kier alpha value is -0.440. The normalized spacial score (nSPS) is 4.77. The van der Waals surface area contributed by atoms with E-state index in [1.54, 1.807) is 6.92 Å². The van der Waals surface area contributed by atoms with Gasteiger partial charge in [0.25, 0.3) is 0 Å². The lowest BCUT2D eigenvalue weighted by Gasteiger charge is -1.79. The van der Waals surface area contributed by atoms with Crippen LogP contribution in [0.2, 0.25) is 0 Å². The fraction of sp³-hybridized carbons (Fsp3) is 0.846. The molecule has 13 heavy (non-hydrogen) atoms. The Balaban J connectivity index is -0.0000000215. The van der Waals surface area contributed by atoms with Crippen molar-refractivity contribution in [3.05, 3.63) is 0 Å². The van der Waals surface area contributed by atoms with Crippen LogP contribution < -0.4 is 0 Å². The summed E-state index contributed by atoms with van der Waals surface area (Å²) in [6.45, 7) is 20.2. The number of rotatable bonds is 0. The minimum Gasteiger partial charge on any atom is -0.120 e. The molecule has 0 atom stereocenters. The molecule has 0 heteroatoms. The number of terminal acetylenes is 1. The van der Waals surface area contributed by atoms with Crippen molar-refractivity contribution in [2.75, 3.05) is 0 Å². The molecule has 0 radical (unpaired) electrons. The van der Waals surface area contributed by atoms with Crippen molar-refractivity contribution in [1.29, 1.82) is 0 Å². The smallest absolute Gasteiger partial charge is 0.00297 e. The van der Waals surface area contributed by atoms with Gasteiger partial charge in [0.15, 0.2) is 0 Å².